The fourth-order valence-electron chi connectivity index (χ4n) is 3.51. The number of rotatable bonds is 14. The van der Waals surface area contributed by atoms with E-state index in [1.807, 2.05) is 0 Å². The average molecular weight is 460 g/mol. The predicted molar refractivity (Wildman–Crippen MR) is 124 cm³/mol. The molecule has 0 saturated heterocycles. The summed E-state index contributed by atoms with van der Waals surface area (Å²) in [6.45, 7) is 6.67. The maximum absolute atomic E-state index is 6.45. The third-order valence-corrected chi connectivity index (χ3v) is 5.28. The Bertz CT molecular complexity index is 396. The lowest BCUT2D eigenvalue weighted by molar-refractivity contribution is 0.290. The first kappa shape index (κ1) is 24.9. The molecule has 25 heavy (non-hydrogen) atoms. The summed E-state index contributed by atoms with van der Waals surface area (Å²) < 4.78 is 0. The van der Waals surface area contributed by atoms with E-state index in [0.717, 1.165) is 6.42 Å². The molecule has 1 unspecified atom stereocenters. The topological polar surface area (TPSA) is 26.0 Å². The van der Waals surface area contributed by atoms with Crippen LogP contribution in [0.2, 0.25) is 0 Å². The Morgan fingerprint density at radius 3 is 1.76 bits per heavy atom. The van der Waals surface area contributed by atoms with Crippen molar-refractivity contribution in [1.29, 1.82) is 0 Å². The SMILES string of the molecule is CCCCCCCCCCCCC(Cc1ccccc1)C(C)(C)N.I. The molecular weight excluding hydrogens is 417 g/mol. The summed E-state index contributed by atoms with van der Waals surface area (Å²) in [5.41, 5.74) is 7.78. The van der Waals surface area contributed by atoms with Gasteiger partial charge in [0.25, 0.3) is 0 Å². The predicted octanol–water partition coefficient (Wildman–Crippen LogP) is 7.51. The van der Waals surface area contributed by atoms with Crippen molar-refractivity contribution >= 4 is 24.0 Å². The number of nitrogens with two attached hydrogens (primary N) is 1. The largest absolute Gasteiger partial charge is 0.325 e. The molecule has 0 heterocycles. The molecule has 0 amide bonds. The number of unbranched alkanes of at least 4 members (excludes halogenated alkanes) is 9. The first-order valence-corrected chi connectivity index (χ1v) is 10.4. The molecule has 0 spiro atoms. The Kier molecular flexibility index (Phi) is 15.0. The maximum atomic E-state index is 6.45. The van der Waals surface area contributed by atoms with Crippen molar-refractivity contribution in [2.45, 2.75) is 103 Å². The number of halogens is 1. The highest BCUT2D eigenvalue weighted by Crippen LogP contribution is 2.25. The number of hydrogen-bond donors (Lipinski definition) is 1. The van der Waals surface area contributed by atoms with Crippen molar-refractivity contribution < 1.29 is 0 Å². The van der Waals surface area contributed by atoms with Gasteiger partial charge in [-0.2, -0.15) is 0 Å². The molecule has 1 aromatic rings. The van der Waals surface area contributed by atoms with Crippen molar-refractivity contribution in [3.8, 4) is 0 Å². The van der Waals surface area contributed by atoms with Gasteiger partial charge in [0.2, 0.25) is 0 Å². The van der Waals surface area contributed by atoms with Crippen LogP contribution in [-0.2, 0) is 6.42 Å². The Hall–Kier alpha value is -0.0900. The van der Waals surface area contributed by atoms with Gasteiger partial charge in [-0.15, -0.1) is 24.0 Å². The van der Waals surface area contributed by atoms with Crippen LogP contribution < -0.4 is 5.73 Å². The highest BCUT2D eigenvalue weighted by molar-refractivity contribution is 14.0. The molecule has 0 radical (unpaired) electrons. The van der Waals surface area contributed by atoms with E-state index in [2.05, 4.69) is 51.1 Å². The van der Waals surface area contributed by atoms with E-state index in [0.29, 0.717) is 5.92 Å². The lowest BCUT2D eigenvalue weighted by Gasteiger charge is -2.31. The Morgan fingerprint density at radius 1 is 0.800 bits per heavy atom. The van der Waals surface area contributed by atoms with Gasteiger partial charge in [0.05, 0.1) is 0 Å². The van der Waals surface area contributed by atoms with Crippen LogP contribution in [0.25, 0.3) is 0 Å². The summed E-state index contributed by atoms with van der Waals surface area (Å²) >= 11 is 0. The van der Waals surface area contributed by atoms with Crippen LogP contribution in [0.5, 0.6) is 0 Å². The zero-order valence-electron chi connectivity index (χ0n) is 16.9. The first-order chi connectivity index (χ1) is 11.5. The minimum Gasteiger partial charge on any atom is -0.325 e. The molecule has 2 heteroatoms. The van der Waals surface area contributed by atoms with E-state index in [4.69, 9.17) is 5.73 Å². The molecule has 1 nitrogen and oxygen atoms in total. The molecule has 0 aliphatic carbocycles. The van der Waals surface area contributed by atoms with E-state index in [-0.39, 0.29) is 29.5 Å². The highest BCUT2D eigenvalue weighted by atomic mass is 127. The van der Waals surface area contributed by atoms with Gasteiger partial charge in [0, 0.05) is 5.54 Å². The van der Waals surface area contributed by atoms with Gasteiger partial charge in [-0.1, -0.05) is 101 Å². The Balaban J connectivity index is 0.00000576. The third kappa shape index (κ3) is 12.8. The molecular formula is C23H42IN. The number of benzene rings is 1. The number of hydrogen-bond acceptors (Lipinski definition) is 1. The smallest absolute Gasteiger partial charge is 0.0129 e. The van der Waals surface area contributed by atoms with Gasteiger partial charge in [-0.3, -0.25) is 0 Å². The second kappa shape index (κ2) is 15.0. The molecule has 0 fully saturated rings. The molecule has 146 valence electrons. The van der Waals surface area contributed by atoms with Crippen LogP contribution in [0.4, 0.5) is 0 Å². The monoisotopic (exact) mass is 459 g/mol. The van der Waals surface area contributed by atoms with Crippen LogP contribution in [-0.4, -0.2) is 5.54 Å². The summed E-state index contributed by atoms with van der Waals surface area (Å²) in [4.78, 5) is 0. The van der Waals surface area contributed by atoms with Crippen LogP contribution in [0.1, 0.15) is 97.0 Å². The summed E-state index contributed by atoms with van der Waals surface area (Å²) in [6, 6.07) is 10.8. The van der Waals surface area contributed by atoms with Gasteiger partial charge in [-0.25, -0.2) is 0 Å². The minimum absolute atomic E-state index is 0. The van der Waals surface area contributed by atoms with Gasteiger partial charge in [-0.05, 0) is 38.2 Å². The molecule has 0 aliphatic heterocycles. The Morgan fingerprint density at radius 2 is 1.28 bits per heavy atom. The average Bonchev–Trinajstić information content (AvgIpc) is 2.55. The first-order valence-electron chi connectivity index (χ1n) is 10.4. The second-order valence-electron chi connectivity index (χ2n) is 8.18. The molecule has 0 aromatic heterocycles. The molecule has 2 N–H and O–H groups in total. The summed E-state index contributed by atoms with van der Waals surface area (Å²) in [7, 11) is 0. The van der Waals surface area contributed by atoms with E-state index in [1.54, 1.807) is 0 Å². The summed E-state index contributed by atoms with van der Waals surface area (Å²) in [5.74, 6) is 0.578. The second-order valence-corrected chi connectivity index (χ2v) is 8.18. The van der Waals surface area contributed by atoms with E-state index in [9.17, 15) is 0 Å². The van der Waals surface area contributed by atoms with Gasteiger partial charge < -0.3 is 5.73 Å². The van der Waals surface area contributed by atoms with Crippen LogP contribution in [0, 0.1) is 5.92 Å². The van der Waals surface area contributed by atoms with Crippen molar-refractivity contribution in [2.24, 2.45) is 11.7 Å². The van der Waals surface area contributed by atoms with Crippen molar-refractivity contribution in [2.75, 3.05) is 0 Å². The van der Waals surface area contributed by atoms with E-state index < -0.39 is 0 Å². The quantitative estimate of drug-likeness (QED) is 0.226. The van der Waals surface area contributed by atoms with Gasteiger partial charge in [0.1, 0.15) is 0 Å². The lowest BCUT2D eigenvalue weighted by Crippen LogP contribution is -2.42. The van der Waals surface area contributed by atoms with Crippen LogP contribution in [0.3, 0.4) is 0 Å². The zero-order chi connectivity index (χ0) is 17.7. The lowest BCUT2D eigenvalue weighted by atomic mass is 9.80. The van der Waals surface area contributed by atoms with Gasteiger partial charge in [0.15, 0.2) is 0 Å². The van der Waals surface area contributed by atoms with Crippen LogP contribution >= 0.6 is 24.0 Å². The molecule has 0 saturated carbocycles. The zero-order valence-corrected chi connectivity index (χ0v) is 19.3. The minimum atomic E-state index is -0.0882. The standard InChI is InChI=1S/C23H41N.HI/c1-4-5-6-7-8-9-10-11-12-16-19-22(23(2,3)24)20-21-17-14-13-15-18-21;/h13-15,17-18,22H,4-12,16,19-20,24H2,1-3H3;1H. The maximum Gasteiger partial charge on any atom is 0.0129 e. The van der Waals surface area contributed by atoms with Crippen molar-refractivity contribution in [3.05, 3.63) is 35.9 Å². The van der Waals surface area contributed by atoms with Crippen LogP contribution in [0.15, 0.2) is 30.3 Å². The molecule has 0 bridgehead atoms. The molecule has 0 aliphatic rings. The van der Waals surface area contributed by atoms with Crippen molar-refractivity contribution in [1.82, 2.24) is 0 Å². The summed E-state index contributed by atoms with van der Waals surface area (Å²) in [6.07, 6.45) is 16.4. The normalized spacial score (nSPS) is 12.6. The fourth-order valence-corrected chi connectivity index (χ4v) is 3.51. The highest BCUT2D eigenvalue weighted by Gasteiger charge is 2.24. The summed E-state index contributed by atoms with van der Waals surface area (Å²) in [5, 5.41) is 0. The molecule has 1 atom stereocenters. The molecule has 1 rings (SSSR count). The van der Waals surface area contributed by atoms with E-state index >= 15 is 0 Å². The molecule has 1 aromatic carbocycles. The van der Waals surface area contributed by atoms with E-state index in [1.165, 1.54) is 76.2 Å². The van der Waals surface area contributed by atoms with Crippen molar-refractivity contribution in [3.63, 3.8) is 0 Å². The third-order valence-electron chi connectivity index (χ3n) is 5.28. The Labute approximate surface area is 174 Å². The van der Waals surface area contributed by atoms with Gasteiger partial charge >= 0.3 is 0 Å². The fraction of sp³-hybridized carbons (Fsp3) is 0.739.